The maximum absolute atomic E-state index is 5.53. The third-order valence-electron chi connectivity index (χ3n) is 3.79. The number of nitrogens with zero attached hydrogens (tertiary/aromatic N) is 1. The quantitative estimate of drug-likeness (QED) is 0.787. The van der Waals surface area contributed by atoms with Gasteiger partial charge in [-0.25, -0.2) is 4.98 Å². The monoisotopic (exact) mass is 249 g/mol. The standard InChI is InChI=1S/C13H19N3S/c1-9(2)13(5-6-13)8-16-11-4-3-10(7-15-11)12(14)17/h3-4,7,9H,5-6,8H2,1-2H3,(H2,14,17)(H,15,16). The van der Waals surface area contributed by atoms with E-state index in [1.807, 2.05) is 12.1 Å². The Hall–Kier alpha value is -1.16. The van der Waals surface area contributed by atoms with Crippen LogP contribution in [0.25, 0.3) is 0 Å². The van der Waals surface area contributed by atoms with Crippen molar-refractivity contribution in [1.29, 1.82) is 0 Å². The van der Waals surface area contributed by atoms with Crippen LogP contribution >= 0.6 is 12.2 Å². The third kappa shape index (κ3) is 2.75. The number of hydrogen-bond acceptors (Lipinski definition) is 3. The van der Waals surface area contributed by atoms with Gasteiger partial charge < -0.3 is 11.1 Å². The SMILES string of the molecule is CC(C)C1(CNc2ccc(C(N)=S)cn2)CC1. The molecule has 3 nitrogen and oxygen atoms in total. The van der Waals surface area contributed by atoms with E-state index in [1.165, 1.54) is 12.8 Å². The Bertz CT molecular complexity index is 407. The van der Waals surface area contributed by atoms with Gasteiger partial charge >= 0.3 is 0 Å². The maximum Gasteiger partial charge on any atom is 0.125 e. The van der Waals surface area contributed by atoms with Gasteiger partial charge in [0.05, 0.1) is 0 Å². The highest BCUT2D eigenvalue weighted by molar-refractivity contribution is 7.80. The highest BCUT2D eigenvalue weighted by Crippen LogP contribution is 2.51. The number of thiocarbonyl (C=S) groups is 1. The summed E-state index contributed by atoms with van der Waals surface area (Å²) in [5, 5.41) is 3.40. The molecule has 0 bridgehead atoms. The van der Waals surface area contributed by atoms with Gasteiger partial charge in [-0.3, -0.25) is 0 Å². The van der Waals surface area contributed by atoms with Crippen molar-refractivity contribution in [3.05, 3.63) is 23.9 Å². The van der Waals surface area contributed by atoms with Crippen molar-refractivity contribution in [2.24, 2.45) is 17.1 Å². The first-order valence-electron chi connectivity index (χ1n) is 6.03. The molecule has 0 aliphatic heterocycles. The molecule has 0 amide bonds. The average molecular weight is 249 g/mol. The average Bonchev–Trinajstić information content (AvgIpc) is 3.08. The van der Waals surface area contributed by atoms with Crippen molar-refractivity contribution in [2.45, 2.75) is 26.7 Å². The Labute approximate surface area is 108 Å². The van der Waals surface area contributed by atoms with E-state index in [1.54, 1.807) is 6.20 Å². The third-order valence-corrected chi connectivity index (χ3v) is 4.02. The van der Waals surface area contributed by atoms with E-state index in [-0.39, 0.29) is 0 Å². The summed E-state index contributed by atoms with van der Waals surface area (Å²) in [5.41, 5.74) is 6.83. The molecule has 3 N–H and O–H groups in total. The van der Waals surface area contributed by atoms with Crippen LogP contribution in [0.4, 0.5) is 5.82 Å². The van der Waals surface area contributed by atoms with Gasteiger partial charge in [0.25, 0.3) is 0 Å². The molecule has 4 heteroatoms. The summed E-state index contributed by atoms with van der Waals surface area (Å²) in [6.45, 7) is 5.58. The molecular weight excluding hydrogens is 230 g/mol. The van der Waals surface area contributed by atoms with Crippen LogP contribution in [-0.4, -0.2) is 16.5 Å². The largest absolute Gasteiger partial charge is 0.389 e. The van der Waals surface area contributed by atoms with Gasteiger partial charge in [-0.05, 0) is 36.3 Å². The number of nitrogens with two attached hydrogens (primary N) is 1. The van der Waals surface area contributed by atoms with E-state index in [9.17, 15) is 0 Å². The first kappa shape index (κ1) is 12.3. The second-order valence-electron chi connectivity index (χ2n) is 5.17. The van der Waals surface area contributed by atoms with Crippen molar-refractivity contribution < 1.29 is 0 Å². The molecule has 1 aliphatic rings. The zero-order valence-corrected chi connectivity index (χ0v) is 11.2. The lowest BCUT2D eigenvalue weighted by molar-refractivity contribution is 0.380. The topological polar surface area (TPSA) is 50.9 Å². The summed E-state index contributed by atoms with van der Waals surface area (Å²) in [7, 11) is 0. The van der Waals surface area contributed by atoms with Gasteiger partial charge in [0.15, 0.2) is 0 Å². The number of hydrogen-bond donors (Lipinski definition) is 2. The van der Waals surface area contributed by atoms with Gasteiger partial charge in [0.2, 0.25) is 0 Å². The Morgan fingerprint density at radius 2 is 2.24 bits per heavy atom. The maximum atomic E-state index is 5.53. The smallest absolute Gasteiger partial charge is 0.125 e. The number of nitrogens with one attached hydrogen (secondary N) is 1. The van der Waals surface area contributed by atoms with Crippen LogP contribution in [0.3, 0.4) is 0 Å². The molecule has 1 heterocycles. The zero-order valence-electron chi connectivity index (χ0n) is 10.4. The van der Waals surface area contributed by atoms with E-state index >= 15 is 0 Å². The highest BCUT2D eigenvalue weighted by atomic mass is 32.1. The highest BCUT2D eigenvalue weighted by Gasteiger charge is 2.44. The predicted octanol–water partition coefficient (Wildman–Crippen LogP) is 2.56. The molecular formula is C13H19N3S. The van der Waals surface area contributed by atoms with Crippen molar-refractivity contribution in [3.8, 4) is 0 Å². The fourth-order valence-corrected chi connectivity index (χ4v) is 2.15. The lowest BCUT2D eigenvalue weighted by atomic mass is 9.92. The van der Waals surface area contributed by atoms with E-state index in [0.29, 0.717) is 10.4 Å². The number of anilines is 1. The molecule has 0 unspecified atom stereocenters. The first-order valence-corrected chi connectivity index (χ1v) is 6.44. The Morgan fingerprint density at radius 3 is 2.65 bits per heavy atom. The van der Waals surface area contributed by atoms with Crippen molar-refractivity contribution in [1.82, 2.24) is 4.98 Å². The van der Waals surface area contributed by atoms with E-state index in [2.05, 4.69) is 24.1 Å². The summed E-state index contributed by atoms with van der Waals surface area (Å²) < 4.78 is 0. The summed E-state index contributed by atoms with van der Waals surface area (Å²) >= 11 is 4.89. The van der Waals surface area contributed by atoms with Crippen LogP contribution in [0.2, 0.25) is 0 Å². The molecule has 92 valence electrons. The minimum absolute atomic E-state index is 0.393. The van der Waals surface area contributed by atoms with Crippen LogP contribution in [0, 0.1) is 11.3 Å². The first-order chi connectivity index (χ1) is 8.03. The van der Waals surface area contributed by atoms with E-state index in [0.717, 1.165) is 23.8 Å². The predicted molar refractivity (Wildman–Crippen MR) is 75.1 cm³/mol. The fourth-order valence-electron chi connectivity index (χ4n) is 2.03. The molecule has 2 rings (SSSR count). The summed E-state index contributed by atoms with van der Waals surface area (Å²) in [6, 6.07) is 3.84. The minimum Gasteiger partial charge on any atom is -0.389 e. The summed E-state index contributed by atoms with van der Waals surface area (Å²) in [4.78, 5) is 4.70. The Kier molecular flexibility index (Phi) is 3.33. The van der Waals surface area contributed by atoms with Crippen molar-refractivity contribution in [3.63, 3.8) is 0 Å². The van der Waals surface area contributed by atoms with Crippen LogP contribution in [0.5, 0.6) is 0 Å². The second kappa shape index (κ2) is 4.61. The normalized spacial score (nSPS) is 16.9. The lowest BCUT2D eigenvalue weighted by Gasteiger charge is -2.20. The molecule has 0 spiro atoms. The Balaban J connectivity index is 1.94. The fraction of sp³-hybridized carbons (Fsp3) is 0.538. The zero-order chi connectivity index (χ0) is 12.5. The minimum atomic E-state index is 0.393. The number of aromatic nitrogens is 1. The molecule has 1 aliphatic carbocycles. The number of rotatable bonds is 5. The van der Waals surface area contributed by atoms with E-state index in [4.69, 9.17) is 18.0 Å². The molecule has 0 radical (unpaired) electrons. The molecule has 0 aromatic carbocycles. The van der Waals surface area contributed by atoms with Crippen LogP contribution < -0.4 is 11.1 Å². The molecule has 1 aromatic rings. The number of pyridine rings is 1. The van der Waals surface area contributed by atoms with Crippen LogP contribution in [-0.2, 0) is 0 Å². The Morgan fingerprint density at radius 1 is 1.53 bits per heavy atom. The van der Waals surface area contributed by atoms with E-state index < -0.39 is 0 Å². The van der Waals surface area contributed by atoms with Gasteiger partial charge in [0, 0.05) is 18.3 Å². The van der Waals surface area contributed by atoms with Gasteiger partial charge in [-0.2, -0.15) is 0 Å². The summed E-state index contributed by atoms with van der Waals surface area (Å²) in [6.07, 6.45) is 4.37. The van der Waals surface area contributed by atoms with Gasteiger partial charge in [-0.1, -0.05) is 26.1 Å². The lowest BCUT2D eigenvalue weighted by Crippen LogP contribution is -2.21. The van der Waals surface area contributed by atoms with Crippen molar-refractivity contribution in [2.75, 3.05) is 11.9 Å². The molecule has 0 saturated heterocycles. The molecule has 1 fully saturated rings. The summed E-state index contributed by atoms with van der Waals surface area (Å²) in [5.74, 6) is 1.63. The van der Waals surface area contributed by atoms with Gasteiger partial charge in [0.1, 0.15) is 10.8 Å². The van der Waals surface area contributed by atoms with Crippen LogP contribution in [0.15, 0.2) is 18.3 Å². The molecule has 17 heavy (non-hydrogen) atoms. The van der Waals surface area contributed by atoms with Crippen LogP contribution in [0.1, 0.15) is 32.3 Å². The molecule has 1 saturated carbocycles. The van der Waals surface area contributed by atoms with Crippen molar-refractivity contribution >= 4 is 23.0 Å². The van der Waals surface area contributed by atoms with Gasteiger partial charge in [-0.15, -0.1) is 0 Å². The second-order valence-corrected chi connectivity index (χ2v) is 5.61. The molecule has 0 atom stereocenters. The molecule has 1 aromatic heterocycles.